The van der Waals surface area contributed by atoms with Crippen LogP contribution < -0.4 is 0 Å². The summed E-state index contributed by atoms with van der Waals surface area (Å²) in [4.78, 5) is 0. The zero-order chi connectivity index (χ0) is 14.9. The predicted octanol–water partition coefficient (Wildman–Crippen LogP) is 5.17. The second-order valence-corrected chi connectivity index (χ2v) is 6.89. The highest BCUT2D eigenvalue weighted by Crippen LogP contribution is 2.31. The number of rotatable bonds is 3. The molecule has 0 aromatic heterocycles. The Kier molecular flexibility index (Phi) is 4.58. The van der Waals surface area contributed by atoms with Gasteiger partial charge < -0.3 is 5.11 Å². The molecule has 2 rings (SSSR count). The van der Waals surface area contributed by atoms with E-state index in [1.165, 1.54) is 0 Å². The zero-order valence-corrected chi connectivity index (χ0v) is 14.2. The molecule has 0 spiro atoms. The molecule has 0 aliphatic rings. The molecule has 1 nitrogen and oxygen atoms in total. The van der Waals surface area contributed by atoms with E-state index < -0.39 is 5.60 Å². The first-order valence-corrected chi connectivity index (χ1v) is 7.70. The van der Waals surface area contributed by atoms with Crippen LogP contribution in [-0.4, -0.2) is 5.11 Å². The number of halogens is 2. The maximum Gasteiger partial charge on any atom is 0.0909 e. The number of hydrogen-bond donors (Lipinski definition) is 1. The van der Waals surface area contributed by atoms with Gasteiger partial charge in [-0.1, -0.05) is 62.9 Å². The van der Waals surface area contributed by atoms with Gasteiger partial charge in [0.2, 0.25) is 0 Å². The van der Waals surface area contributed by atoms with E-state index in [9.17, 15) is 5.11 Å². The van der Waals surface area contributed by atoms with Crippen LogP contribution >= 0.6 is 27.5 Å². The molecule has 106 valence electrons. The van der Waals surface area contributed by atoms with Gasteiger partial charge in [0.1, 0.15) is 0 Å². The summed E-state index contributed by atoms with van der Waals surface area (Å²) in [5, 5.41) is 11.5. The third kappa shape index (κ3) is 3.63. The van der Waals surface area contributed by atoms with Gasteiger partial charge in [0.05, 0.1) is 5.60 Å². The lowest BCUT2D eigenvalue weighted by Crippen LogP contribution is -2.24. The molecule has 0 saturated carbocycles. The van der Waals surface area contributed by atoms with Gasteiger partial charge in [-0.15, -0.1) is 0 Å². The standard InChI is InChI=1S/C17H18BrClO/c1-11-6-12(2)8-14(7-11)17(3,20)10-13-4-5-15(18)9-16(13)19/h4-9,20H,10H2,1-3H3. The Bertz CT molecular complexity index is 615. The molecule has 2 aromatic rings. The molecular weight excluding hydrogens is 336 g/mol. The average Bonchev–Trinajstić information content (AvgIpc) is 2.31. The minimum absolute atomic E-state index is 0.488. The summed E-state index contributed by atoms with van der Waals surface area (Å²) >= 11 is 9.64. The number of hydrogen-bond acceptors (Lipinski definition) is 1. The van der Waals surface area contributed by atoms with Gasteiger partial charge in [-0.3, -0.25) is 0 Å². The second-order valence-electron chi connectivity index (χ2n) is 5.56. The van der Waals surface area contributed by atoms with Crippen LogP contribution in [0.4, 0.5) is 0 Å². The van der Waals surface area contributed by atoms with E-state index in [2.05, 4.69) is 22.0 Å². The summed E-state index contributed by atoms with van der Waals surface area (Å²) in [7, 11) is 0. The topological polar surface area (TPSA) is 20.2 Å². The summed E-state index contributed by atoms with van der Waals surface area (Å²) in [5.74, 6) is 0. The Morgan fingerprint density at radius 1 is 1.10 bits per heavy atom. The molecule has 0 aliphatic carbocycles. The van der Waals surface area contributed by atoms with Crippen molar-refractivity contribution >= 4 is 27.5 Å². The molecule has 0 amide bonds. The quantitative estimate of drug-likeness (QED) is 0.807. The maximum absolute atomic E-state index is 10.8. The van der Waals surface area contributed by atoms with E-state index in [1.54, 1.807) is 0 Å². The first-order chi connectivity index (χ1) is 9.28. The second kappa shape index (κ2) is 5.88. The molecule has 2 aromatic carbocycles. The van der Waals surface area contributed by atoms with Crippen molar-refractivity contribution in [3.05, 3.63) is 68.1 Å². The SMILES string of the molecule is Cc1cc(C)cc(C(C)(O)Cc2ccc(Br)cc2Cl)c1. The number of benzene rings is 2. The minimum atomic E-state index is -0.936. The van der Waals surface area contributed by atoms with E-state index in [1.807, 2.05) is 51.1 Å². The van der Waals surface area contributed by atoms with E-state index in [4.69, 9.17) is 11.6 Å². The van der Waals surface area contributed by atoms with Crippen LogP contribution in [0.15, 0.2) is 40.9 Å². The monoisotopic (exact) mass is 352 g/mol. The third-order valence-electron chi connectivity index (χ3n) is 3.39. The van der Waals surface area contributed by atoms with Crippen LogP contribution in [0.25, 0.3) is 0 Å². The molecule has 0 bridgehead atoms. The molecule has 0 saturated heterocycles. The van der Waals surface area contributed by atoms with Crippen LogP contribution in [0.3, 0.4) is 0 Å². The maximum atomic E-state index is 10.8. The summed E-state index contributed by atoms with van der Waals surface area (Å²) in [6.07, 6.45) is 0.488. The fraction of sp³-hybridized carbons (Fsp3) is 0.294. The molecule has 1 unspecified atom stereocenters. The molecule has 0 heterocycles. The van der Waals surface area contributed by atoms with E-state index in [-0.39, 0.29) is 0 Å². The van der Waals surface area contributed by atoms with Crippen molar-refractivity contribution in [2.75, 3.05) is 0 Å². The van der Waals surface area contributed by atoms with Crippen molar-refractivity contribution in [1.29, 1.82) is 0 Å². The molecule has 20 heavy (non-hydrogen) atoms. The lowest BCUT2D eigenvalue weighted by molar-refractivity contribution is 0.0575. The summed E-state index contributed by atoms with van der Waals surface area (Å²) in [6.45, 7) is 5.91. The normalized spacial score (nSPS) is 14.1. The first-order valence-electron chi connectivity index (χ1n) is 6.53. The van der Waals surface area contributed by atoms with Crippen molar-refractivity contribution < 1.29 is 5.11 Å². The molecule has 0 radical (unpaired) electrons. The van der Waals surface area contributed by atoms with Crippen LogP contribution in [-0.2, 0) is 12.0 Å². The molecule has 1 N–H and O–H groups in total. The fourth-order valence-corrected chi connectivity index (χ4v) is 3.16. The Morgan fingerprint density at radius 3 is 2.25 bits per heavy atom. The lowest BCUT2D eigenvalue weighted by Gasteiger charge is -2.25. The number of aliphatic hydroxyl groups is 1. The molecule has 1 atom stereocenters. The van der Waals surface area contributed by atoms with Gasteiger partial charge in [-0.25, -0.2) is 0 Å². The number of aryl methyl sites for hydroxylation is 2. The molecule has 0 fully saturated rings. The third-order valence-corrected chi connectivity index (χ3v) is 4.24. The molecular formula is C17H18BrClO. The van der Waals surface area contributed by atoms with Crippen molar-refractivity contribution in [3.8, 4) is 0 Å². The minimum Gasteiger partial charge on any atom is -0.385 e. The van der Waals surface area contributed by atoms with Gasteiger partial charge in [0, 0.05) is 15.9 Å². The fourth-order valence-electron chi connectivity index (χ4n) is 2.42. The van der Waals surface area contributed by atoms with Gasteiger partial charge in [-0.2, -0.15) is 0 Å². The average molecular weight is 354 g/mol. The Hall–Kier alpha value is -0.830. The highest BCUT2D eigenvalue weighted by atomic mass is 79.9. The smallest absolute Gasteiger partial charge is 0.0909 e. The Balaban J connectivity index is 2.34. The van der Waals surface area contributed by atoms with Crippen LogP contribution in [0, 0.1) is 13.8 Å². The van der Waals surface area contributed by atoms with Gasteiger partial charge in [-0.05, 0) is 44.0 Å². The van der Waals surface area contributed by atoms with E-state index in [0.717, 1.165) is 26.7 Å². The van der Waals surface area contributed by atoms with Crippen LogP contribution in [0.5, 0.6) is 0 Å². The van der Waals surface area contributed by atoms with Gasteiger partial charge in [0.25, 0.3) is 0 Å². The van der Waals surface area contributed by atoms with E-state index >= 15 is 0 Å². The molecule has 3 heteroatoms. The zero-order valence-electron chi connectivity index (χ0n) is 11.9. The highest BCUT2D eigenvalue weighted by Gasteiger charge is 2.25. The summed E-state index contributed by atoms with van der Waals surface area (Å²) < 4.78 is 0.942. The van der Waals surface area contributed by atoms with E-state index in [0.29, 0.717) is 11.4 Å². The summed E-state index contributed by atoms with van der Waals surface area (Å²) in [5.41, 5.74) is 3.24. The van der Waals surface area contributed by atoms with Crippen molar-refractivity contribution in [3.63, 3.8) is 0 Å². The van der Waals surface area contributed by atoms with Gasteiger partial charge >= 0.3 is 0 Å². The Morgan fingerprint density at radius 2 is 1.70 bits per heavy atom. The summed E-state index contributed by atoms with van der Waals surface area (Å²) in [6, 6.07) is 11.9. The predicted molar refractivity (Wildman–Crippen MR) is 88.3 cm³/mol. The lowest BCUT2D eigenvalue weighted by atomic mass is 9.87. The largest absolute Gasteiger partial charge is 0.385 e. The first kappa shape index (κ1) is 15.6. The molecule has 0 aliphatic heterocycles. The van der Waals surface area contributed by atoms with Gasteiger partial charge in [0.15, 0.2) is 0 Å². The van der Waals surface area contributed by atoms with Crippen molar-refractivity contribution in [1.82, 2.24) is 0 Å². The van der Waals surface area contributed by atoms with Crippen LogP contribution in [0.1, 0.15) is 29.2 Å². The van der Waals surface area contributed by atoms with Crippen molar-refractivity contribution in [2.24, 2.45) is 0 Å². The Labute approximate surface area is 133 Å². The van der Waals surface area contributed by atoms with Crippen LogP contribution in [0.2, 0.25) is 5.02 Å². The highest BCUT2D eigenvalue weighted by molar-refractivity contribution is 9.10. The van der Waals surface area contributed by atoms with Crippen molar-refractivity contribution in [2.45, 2.75) is 32.8 Å².